The first-order valence-corrected chi connectivity index (χ1v) is 10.8. The van der Waals surface area contributed by atoms with Gasteiger partial charge in [-0.15, -0.1) is 34.2 Å². The molecule has 0 atom stereocenters. The summed E-state index contributed by atoms with van der Waals surface area (Å²) < 4.78 is 7.46. The third-order valence-corrected chi connectivity index (χ3v) is 6.74. The van der Waals surface area contributed by atoms with Gasteiger partial charge < -0.3 is 19.5 Å². The van der Waals surface area contributed by atoms with E-state index in [4.69, 9.17) is 9.73 Å². The molecule has 0 radical (unpaired) electrons. The highest BCUT2D eigenvalue weighted by molar-refractivity contribution is 14.0. The van der Waals surface area contributed by atoms with Crippen LogP contribution in [0.15, 0.2) is 4.99 Å². The number of morpholine rings is 1. The lowest BCUT2D eigenvalue weighted by molar-refractivity contribution is 0.0375. The predicted molar refractivity (Wildman–Crippen MR) is 125 cm³/mol. The first-order valence-electron chi connectivity index (χ1n) is 10.8. The standard InChI is InChI=1S/C20H35N7O.HI/c1-17-23-24-18(25(17)2)15-22-19(27-10-7-20(16-27)5-3-6-20)21-8-4-9-26-11-13-28-14-12-26;/h3-16H2,1-2H3,(H,21,22);1H. The highest BCUT2D eigenvalue weighted by Crippen LogP contribution is 2.47. The molecule has 1 spiro atoms. The minimum Gasteiger partial charge on any atom is -0.379 e. The number of likely N-dealkylation sites (tertiary alicyclic amines) is 1. The molecule has 29 heavy (non-hydrogen) atoms. The zero-order valence-corrected chi connectivity index (χ0v) is 20.2. The molecule has 1 N–H and O–H groups in total. The summed E-state index contributed by atoms with van der Waals surface area (Å²) in [5, 5.41) is 12.1. The highest BCUT2D eigenvalue weighted by atomic mass is 127. The zero-order valence-electron chi connectivity index (χ0n) is 17.9. The summed E-state index contributed by atoms with van der Waals surface area (Å²) in [5.74, 6) is 2.90. The summed E-state index contributed by atoms with van der Waals surface area (Å²) in [6.07, 6.45) is 6.60. The Labute approximate surface area is 191 Å². The van der Waals surface area contributed by atoms with Gasteiger partial charge in [0.25, 0.3) is 0 Å². The van der Waals surface area contributed by atoms with Gasteiger partial charge in [-0.3, -0.25) is 4.90 Å². The van der Waals surface area contributed by atoms with Gasteiger partial charge in [0, 0.05) is 39.8 Å². The normalized spacial score (nSPS) is 21.9. The van der Waals surface area contributed by atoms with Crippen LogP contribution in [0.2, 0.25) is 0 Å². The van der Waals surface area contributed by atoms with E-state index in [1.165, 1.54) is 25.7 Å². The van der Waals surface area contributed by atoms with Crippen molar-refractivity contribution in [1.82, 2.24) is 29.9 Å². The smallest absolute Gasteiger partial charge is 0.194 e. The molecule has 1 saturated carbocycles. The zero-order chi connectivity index (χ0) is 19.4. The largest absolute Gasteiger partial charge is 0.379 e. The lowest BCUT2D eigenvalue weighted by Gasteiger charge is -2.38. The Balaban J connectivity index is 0.00000240. The van der Waals surface area contributed by atoms with Crippen LogP contribution in [0.3, 0.4) is 0 Å². The van der Waals surface area contributed by atoms with Gasteiger partial charge in [-0.05, 0) is 44.6 Å². The van der Waals surface area contributed by atoms with E-state index in [1.54, 1.807) is 0 Å². The lowest BCUT2D eigenvalue weighted by Crippen LogP contribution is -2.44. The number of aromatic nitrogens is 3. The SMILES string of the molecule is Cc1nnc(CN=C(NCCCN2CCOCC2)N2CCC3(CCC3)C2)n1C.I. The van der Waals surface area contributed by atoms with E-state index in [0.717, 1.165) is 76.5 Å². The van der Waals surface area contributed by atoms with Crippen LogP contribution in [0.25, 0.3) is 0 Å². The van der Waals surface area contributed by atoms with E-state index in [2.05, 4.69) is 25.3 Å². The molecule has 8 nitrogen and oxygen atoms in total. The highest BCUT2D eigenvalue weighted by Gasteiger charge is 2.43. The van der Waals surface area contributed by atoms with Crippen LogP contribution in [0.1, 0.15) is 43.8 Å². The van der Waals surface area contributed by atoms with Crippen LogP contribution in [0, 0.1) is 12.3 Å². The van der Waals surface area contributed by atoms with Crippen LogP contribution in [0.4, 0.5) is 0 Å². The summed E-state index contributed by atoms with van der Waals surface area (Å²) in [7, 11) is 2.01. The lowest BCUT2D eigenvalue weighted by atomic mass is 9.68. The molecule has 0 amide bonds. The Hall–Kier alpha value is -0.940. The predicted octanol–water partition coefficient (Wildman–Crippen LogP) is 1.79. The monoisotopic (exact) mass is 517 g/mol. The minimum atomic E-state index is 0. The fourth-order valence-corrected chi connectivity index (χ4v) is 4.53. The van der Waals surface area contributed by atoms with E-state index >= 15 is 0 Å². The summed E-state index contributed by atoms with van der Waals surface area (Å²) in [6, 6.07) is 0. The van der Waals surface area contributed by atoms with E-state index in [-0.39, 0.29) is 24.0 Å². The van der Waals surface area contributed by atoms with Crippen molar-refractivity contribution in [2.75, 3.05) is 52.5 Å². The third kappa shape index (κ3) is 5.61. The molecule has 3 heterocycles. The van der Waals surface area contributed by atoms with Crippen LogP contribution >= 0.6 is 24.0 Å². The number of aryl methyl sites for hydroxylation is 1. The average Bonchev–Trinajstić information content (AvgIpc) is 3.27. The average molecular weight is 517 g/mol. The van der Waals surface area contributed by atoms with Gasteiger partial charge in [0.1, 0.15) is 12.4 Å². The van der Waals surface area contributed by atoms with Gasteiger partial charge in [0.05, 0.1) is 13.2 Å². The molecule has 0 unspecified atom stereocenters. The van der Waals surface area contributed by atoms with Crippen molar-refractivity contribution in [3.8, 4) is 0 Å². The fourth-order valence-electron chi connectivity index (χ4n) is 4.53. The van der Waals surface area contributed by atoms with Gasteiger partial charge in [-0.25, -0.2) is 4.99 Å². The molecule has 9 heteroatoms. The van der Waals surface area contributed by atoms with Crippen molar-refractivity contribution < 1.29 is 4.74 Å². The Morgan fingerprint density at radius 1 is 1.17 bits per heavy atom. The molecule has 3 aliphatic rings. The summed E-state index contributed by atoms with van der Waals surface area (Å²) in [4.78, 5) is 9.89. The molecule has 2 saturated heterocycles. The molecular weight excluding hydrogens is 481 g/mol. The maximum Gasteiger partial charge on any atom is 0.194 e. The second-order valence-corrected chi connectivity index (χ2v) is 8.62. The molecular formula is C20H36IN7O. The molecule has 0 bridgehead atoms. The van der Waals surface area contributed by atoms with Crippen molar-refractivity contribution >= 4 is 29.9 Å². The number of nitrogens with one attached hydrogen (secondary N) is 1. The van der Waals surface area contributed by atoms with E-state index in [1.807, 2.05) is 18.5 Å². The molecule has 0 aromatic carbocycles. The van der Waals surface area contributed by atoms with Gasteiger partial charge >= 0.3 is 0 Å². The van der Waals surface area contributed by atoms with Gasteiger partial charge in [-0.2, -0.15) is 0 Å². The summed E-state index contributed by atoms with van der Waals surface area (Å²) >= 11 is 0. The topological polar surface area (TPSA) is 70.8 Å². The molecule has 3 fully saturated rings. The summed E-state index contributed by atoms with van der Waals surface area (Å²) in [5.41, 5.74) is 0.567. The van der Waals surface area contributed by atoms with Crippen LogP contribution in [-0.2, 0) is 18.3 Å². The number of hydrogen-bond donors (Lipinski definition) is 1. The number of ether oxygens (including phenoxy) is 1. The number of rotatable bonds is 6. The molecule has 164 valence electrons. The Kier molecular flexibility index (Phi) is 8.15. The molecule has 4 rings (SSSR count). The Morgan fingerprint density at radius 2 is 1.97 bits per heavy atom. The van der Waals surface area contributed by atoms with E-state index < -0.39 is 0 Å². The summed E-state index contributed by atoms with van der Waals surface area (Å²) in [6.45, 7) is 10.8. The van der Waals surface area contributed by atoms with Crippen molar-refractivity contribution in [1.29, 1.82) is 0 Å². The van der Waals surface area contributed by atoms with Crippen molar-refractivity contribution in [2.45, 2.75) is 45.6 Å². The molecule has 1 aromatic rings. The van der Waals surface area contributed by atoms with Gasteiger partial charge in [-0.1, -0.05) is 6.42 Å². The molecule has 1 aromatic heterocycles. The first kappa shape index (κ1) is 22.7. The van der Waals surface area contributed by atoms with Gasteiger partial charge in [0.15, 0.2) is 11.8 Å². The number of nitrogens with zero attached hydrogens (tertiary/aromatic N) is 6. The van der Waals surface area contributed by atoms with Crippen molar-refractivity contribution in [2.24, 2.45) is 17.5 Å². The second-order valence-electron chi connectivity index (χ2n) is 8.62. The number of hydrogen-bond acceptors (Lipinski definition) is 5. The Morgan fingerprint density at radius 3 is 2.59 bits per heavy atom. The van der Waals surface area contributed by atoms with E-state index in [0.29, 0.717) is 12.0 Å². The maximum absolute atomic E-state index is 5.44. The van der Waals surface area contributed by atoms with Crippen LogP contribution < -0.4 is 5.32 Å². The van der Waals surface area contributed by atoms with E-state index in [9.17, 15) is 0 Å². The number of aliphatic imine (C=N–C) groups is 1. The number of guanidine groups is 1. The Bertz CT molecular complexity index is 682. The number of halogens is 1. The molecule has 1 aliphatic carbocycles. The van der Waals surface area contributed by atoms with Crippen molar-refractivity contribution in [3.63, 3.8) is 0 Å². The third-order valence-electron chi connectivity index (χ3n) is 6.74. The first-order chi connectivity index (χ1) is 13.7. The van der Waals surface area contributed by atoms with Crippen LogP contribution in [0.5, 0.6) is 0 Å². The fraction of sp³-hybridized carbons (Fsp3) is 0.850. The minimum absolute atomic E-state index is 0. The van der Waals surface area contributed by atoms with Gasteiger partial charge in [0.2, 0.25) is 0 Å². The maximum atomic E-state index is 5.44. The molecule has 2 aliphatic heterocycles. The second kappa shape index (κ2) is 10.4. The quantitative estimate of drug-likeness (QED) is 0.269. The van der Waals surface area contributed by atoms with Crippen molar-refractivity contribution in [3.05, 3.63) is 11.6 Å². The van der Waals surface area contributed by atoms with Crippen LogP contribution in [-0.4, -0.2) is 83.0 Å².